The van der Waals surface area contributed by atoms with E-state index in [1.165, 1.54) is 12.8 Å². The largest absolute Gasteiger partial charge is 0.444 e. The predicted molar refractivity (Wildman–Crippen MR) is 198 cm³/mol. The van der Waals surface area contributed by atoms with E-state index in [1.807, 2.05) is 54.6 Å². The number of aromatic nitrogens is 4. The van der Waals surface area contributed by atoms with E-state index in [0.717, 1.165) is 83.9 Å². The first-order valence-corrected chi connectivity index (χ1v) is 19.3. The third-order valence-electron chi connectivity index (χ3n) is 10.9. The molecular formula is C38H29N5O4S3. The van der Waals surface area contributed by atoms with Crippen molar-refractivity contribution in [2.75, 3.05) is 0 Å². The Balaban J connectivity index is 1.05. The lowest BCUT2D eigenvalue weighted by Crippen LogP contribution is -2.35. The van der Waals surface area contributed by atoms with E-state index < -0.39 is 11.9 Å². The maximum atomic E-state index is 13.9. The molecule has 12 heteroatoms. The van der Waals surface area contributed by atoms with Crippen molar-refractivity contribution in [3.8, 4) is 10.4 Å². The van der Waals surface area contributed by atoms with E-state index in [1.54, 1.807) is 33.4 Å². The number of pyridine rings is 1. The molecule has 0 amide bonds. The molecule has 0 bridgehead atoms. The van der Waals surface area contributed by atoms with Gasteiger partial charge in [0.05, 0.1) is 37.9 Å². The molecule has 50 heavy (non-hydrogen) atoms. The number of hydrogen-bond donors (Lipinski definition) is 0. The summed E-state index contributed by atoms with van der Waals surface area (Å²) in [4.78, 5) is 50.8. The Morgan fingerprint density at radius 3 is 2.50 bits per heavy atom. The molecule has 4 unspecified atom stereocenters. The third kappa shape index (κ3) is 4.65. The standard InChI is InChI=1S/C38H29N5O4S3/c44-33-24-15-21-11-5-4-10-20(21)14-23(24)30(34(33)45)40-37-31-29(41-50-42-31)25(17-39-37)28-16-26-35(49-28)36-32(22-12-6-7-13-27(22)48-36)43(26)38(46)47-18-19-8-2-1-3-9-19/h1-3,6-9,12-13,16-17,20-21,23-24H,4-5,10-11,14-15,18H2. The van der Waals surface area contributed by atoms with Crippen LogP contribution in [0.3, 0.4) is 0 Å². The zero-order valence-electron chi connectivity index (χ0n) is 26.7. The van der Waals surface area contributed by atoms with Crippen LogP contribution in [0.15, 0.2) is 71.9 Å². The number of benzene rings is 2. The molecule has 3 aliphatic carbocycles. The Morgan fingerprint density at radius 2 is 1.66 bits per heavy atom. The molecule has 7 aromatic rings. The van der Waals surface area contributed by atoms with E-state index in [0.29, 0.717) is 34.4 Å². The molecule has 0 saturated heterocycles. The highest BCUT2D eigenvalue weighted by atomic mass is 32.1. The smallest absolute Gasteiger partial charge is 0.419 e. The van der Waals surface area contributed by atoms with Crippen molar-refractivity contribution in [2.45, 2.75) is 45.1 Å². The van der Waals surface area contributed by atoms with E-state index >= 15 is 0 Å². The molecule has 248 valence electrons. The second-order valence-electron chi connectivity index (χ2n) is 13.6. The van der Waals surface area contributed by atoms with E-state index in [2.05, 4.69) is 14.8 Å². The summed E-state index contributed by atoms with van der Waals surface area (Å²) in [6, 6.07) is 19.8. The highest BCUT2D eigenvalue weighted by molar-refractivity contribution is 7.32. The number of carbonyl (C=O) groups is 3. The molecule has 3 aliphatic rings. The number of fused-ring (bicyclic) bond motifs is 8. The lowest BCUT2D eigenvalue weighted by molar-refractivity contribution is -0.135. The van der Waals surface area contributed by atoms with Gasteiger partial charge in [0.1, 0.15) is 17.6 Å². The summed E-state index contributed by atoms with van der Waals surface area (Å²) < 4.78 is 19.9. The molecule has 0 spiro atoms. The van der Waals surface area contributed by atoms with E-state index in [-0.39, 0.29) is 24.2 Å². The predicted octanol–water partition coefficient (Wildman–Crippen LogP) is 9.38. The number of aliphatic imine (C=N–C) groups is 1. The zero-order valence-corrected chi connectivity index (χ0v) is 29.2. The Morgan fingerprint density at radius 1 is 0.900 bits per heavy atom. The molecule has 9 nitrogen and oxygen atoms in total. The number of rotatable bonds is 4. The third-order valence-corrected chi connectivity index (χ3v) is 13.9. The van der Waals surface area contributed by atoms with Gasteiger partial charge in [-0.3, -0.25) is 9.59 Å². The van der Waals surface area contributed by atoms with Crippen molar-refractivity contribution >= 4 is 105 Å². The van der Waals surface area contributed by atoms with Gasteiger partial charge in [-0.25, -0.2) is 19.3 Å². The fourth-order valence-corrected chi connectivity index (χ4v) is 11.6. The molecule has 3 fully saturated rings. The zero-order chi connectivity index (χ0) is 33.5. The summed E-state index contributed by atoms with van der Waals surface area (Å²) in [5, 5.41) is 1.00. The van der Waals surface area contributed by atoms with E-state index in [4.69, 9.17) is 14.7 Å². The van der Waals surface area contributed by atoms with Gasteiger partial charge in [-0.1, -0.05) is 74.2 Å². The van der Waals surface area contributed by atoms with Gasteiger partial charge in [-0.15, -0.1) is 22.7 Å². The number of hydrogen-bond acceptors (Lipinski definition) is 11. The van der Waals surface area contributed by atoms with Crippen LogP contribution in [0.4, 0.5) is 10.6 Å². The Kier molecular flexibility index (Phi) is 7.07. The molecule has 0 aliphatic heterocycles. The number of nitrogens with zero attached hydrogens (tertiary/aromatic N) is 5. The van der Waals surface area contributed by atoms with Crippen LogP contribution in [0.2, 0.25) is 0 Å². The van der Waals surface area contributed by atoms with Crippen LogP contribution < -0.4 is 0 Å². The first kappa shape index (κ1) is 30.2. The molecule has 0 radical (unpaired) electrons. The van der Waals surface area contributed by atoms with Crippen LogP contribution in [0.1, 0.15) is 44.1 Å². The lowest BCUT2D eigenvalue weighted by atomic mass is 9.64. The van der Waals surface area contributed by atoms with Crippen molar-refractivity contribution in [2.24, 2.45) is 28.7 Å². The molecule has 0 N–H and O–H groups in total. The minimum absolute atomic E-state index is 0.152. The first-order chi connectivity index (χ1) is 24.5. The summed E-state index contributed by atoms with van der Waals surface area (Å²) in [5.41, 5.74) is 4.76. The van der Waals surface area contributed by atoms with Gasteiger partial charge in [0, 0.05) is 38.6 Å². The van der Waals surface area contributed by atoms with Crippen LogP contribution in [-0.4, -0.2) is 41.7 Å². The van der Waals surface area contributed by atoms with Crippen LogP contribution in [0, 0.1) is 23.7 Å². The van der Waals surface area contributed by atoms with Crippen molar-refractivity contribution in [3.63, 3.8) is 0 Å². The second-order valence-corrected chi connectivity index (χ2v) is 16.2. The van der Waals surface area contributed by atoms with Crippen molar-refractivity contribution in [1.82, 2.24) is 18.3 Å². The Bertz CT molecular complexity index is 2560. The van der Waals surface area contributed by atoms with Gasteiger partial charge in [0.15, 0.2) is 5.82 Å². The summed E-state index contributed by atoms with van der Waals surface area (Å²) >= 11 is 4.30. The number of ketones is 2. The maximum absolute atomic E-state index is 13.9. The van der Waals surface area contributed by atoms with Gasteiger partial charge in [0.25, 0.3) is 0 Å². The molecule has 3 saturated carbocycles. The van der Waals surface area contributed by atoms with Gasteiger partial charge in [-0.2, -0.15) is 8.75 Å². The van der Waals surface area contributed by atoms with Crippen molar-refractivity contribution in [1.29, 1.82) is 0 Å². The molecule has 5 heterocycles. The fraction of sp³-hybridized carbons (Fsp3) is 0.289. The maximum Gasteiger partial charge on any atom is 0.419 e. The fourth-order valence-electron chi connectivity index (χ4n) is 8.56. The van der Waals surface area contributed by atoms with Gasteiger partial charge in [-0.05, 0) is 42.4 Å². The number of carbonyl (C=O) groups excluding carboxylic acids is 3. The van der Waals surface area contributed by atoms with Gasteiger partial charge >= 0.3 is 6.09 Å². The summed E-state index contributed by atoms with van der Waals surface area (Å²) in [7, 11) is 0. The van der Waals surface area contributed by atoms with Crippen LogP contribution >= 0.6 is 34.4 Å². The summed E-state index contributed by atoms with van der Waals surface area (Å²) in [5.74, 6) is 0.228. The quantitative estimate of drug-likeness (QED) is 0.167. The average molecular weight is 716 g/mol. The van der Waals surface area contributed by atoms with E-state index in [9.17, 15) is 14.4 Å². The minimum Gasteiger partial charge on any atom is -0.444 e. The topological polar surface area (TPSA) is 116 Å². The Hall–Kier alpha value is -4.65. The first-order valence-electron chi connectivity index (χ1n) is 17.0. The average Bonchev–Trinajstić information content (AvgIpc) is 3.97. The number of Topliss-reactive ketones (excluding diaryl/α,β-unsaturated/α-hetero) is 2. The summed E-state index contributed by atoms with van der Waals surface area (Å²) in [6.07, 6.45) is 7.65. The number of ether oxygens (including phenoxy) is 1. The van der Waals surface area contributed by atoms with Crippen LogP contribution in [-0.2, 0) is 20.9 Å². The van der Waals surface area contributed by atoms with Gasteiger partial charge < -0.3 is 4.74 Å². The van der Waals surface area contributed by atoms with Crippen molar-refractivity contribution in [3.05, 3.63) is 72.4 Å². The molecule has 4 atom stereocenters. The molecule has 5 aromatic heterocycles. The monoisotopic (exact) mass is 715 g/mol. The van der Waals surface area contributed by atoms with Crippen LogP contribution in [0.25, 0.3) is 52.0 Å². The molecule has 10 rings (SSSR count). The second kappa shape index (κ2) is 11.7. The van der Waals surface area contributed by atoms with Crippen LogP contribution in [0.5, 0.6) is 0 Å². The highest BCUT2D eigenvalue weighted by Crippen LogP contribution is 2.50. The summed E-state index contributed by atoms with van der Waals surface area (Å²) in [6.45, 7) is 0.163. The molecular weight excluding hydrogens is 687 g/mol. The van der Waals surface area contributed by atoms with Gasteiger partial charge in [0.2, 0.25) is 11.6 Å². The number of thiophene rings is 2. The SMILES string of the molecule is O=C1C(=O)C2CC3CCCCC3CC2C1=Nc1ncc(-c2cc3c(s2)c2sc4ccccc4c2n3C(=O)OCc2ccccc2)c2nsnc12. The highest BCUT2D eigenvalue weighted by Gasteiger charge is 2.52. The normalized spacial score (nSPS) is 23.0. The Labute approximate surface area is 298 Å². The van der Waals surface area contributed by atoms with Crippen molar-refractivity contribution < 1.29 is 19.1 Å². The lowest BCUT2D eigenvalue weighted by Gasteiger charge is -2.40. The molecule has 2 aromatic carbocycles. The minimum atomic E-state index is -0.464.